The van der Waals surface area contributed by atoms with Gasteiger partial charge >= 0.3 is 0 Å². The first-order valence-electron chi connectivity index (χ1n) is 12.3. The van der Waals surface area contributed by atoms with E-state index in [1.165, 1.54) is 25.3 Å². The highest BCUT2D eigenvalue weighted by Crippen LogP contribution is 2.34. The number of hydrogen-bond donors (Lipinski definition) is 3. The van der Waals surface area contributed by atoms with Gasteiger partial charge in [0.05, 0.1) is 23.7 Å². The van der Waals surface area contributed by atoms with Gasteiger partial charge in [0.2, 0.25) is 5.91 Å². The van der Waals surface area contributed by atoms with Crippen molar-refractivity contribution in [1.82, 2.24) is 15.2 Å². The van der Waals surface area contributed by atoms with Gasteiger partial charge in [0.25, 0.3) is 11.8 Å². The summed E-state index contributed by atoms with van der Waals surface area (Å²) in [6.45, 7) is 7.49. The van der Waals surface area contributed by atoms with Crippen LogP contribution in [0.3, 0.4) is 0 Å². The zero-order valence-corrected chi connectivity index (χ0v) is 21.2. The quantitative estimate of drug-likeness (QED) is 0.509. The molecule has 1 fully saturated rings. The molecule has 0 saturated carbocycles. The van der Waals surface area contributed by atoms with Crippen molar-refractivity contribution in [3.05, 3.63) is 52.1 Å². The number of amides is 3. The van der Waals surface area contributed by atoms with Crippen molar-refractivity contribution in [2.24, 2.45) is 5.92 Å². The number of hydrogen-bond acceptors (Lipinski definition) is 4. The van der Waals surface area contributed by atoms with Crippen LogP contribution in [0.15, 0.2) is 18.2 Å². The number of H-pyrrole nitrogens is 1. The Kier molecular flexibility index (Phi) is 7.59. The Balaban J connectivity index is 1.44. The molecule has 0 spiro atoms. The van der Waals surface area contributed by atoms with Crippen LogP contribution in [0.25, 0.3) is 11.6 Å². The molecule has 2 aromatic rings. The summed E-state index contributed by atoms with van der Waals surface area (Å²) >= 11 is 0. The Bertz CT molecular complexity index is 1210. The van der Waals surface area contributed by atoms with Gasteiger partial charge in [0.1, 0.15) is 5.82 Å². The standard InChI is InChI=1S/C27H33FN4O4/c1-15-7-9-32(10-8-15)24(33)12-19(36-4)14-29-27(35)25-16(2)23(30-17(25)3)13-21-20-11-18(28)5-6-22(20)31-26(21)34/h5-6,11,13,15,19,30H,7-10,12,14H2,1-4H3,(H,29,35)(H,31,34)/b21-13-. The van der Waals surface area contributed by atoms with E-state index < -0.39 is 11.9 Å². The lowest BCUT2D eigenvalue weighted by atomic mass is 9.99. The van der Waals surface area contributed by atoms with Crippen molar-refractivity contribution < 1.29 is 23.5 Å². The van der Waals surface area contributed by atoms with Gasteiger partial charge in [-0.3, -0.25) is 14.4 Å². The average molecular weight is 497 g/mol. The SMILES string of the molecule is COC(CNC(=O)c1c(C)[nH]c(/C=C2\C(=O)Nc3ccc(F)cc32)c1C)CC(=O)N1CCC(C)CC1. The summed E-state index contributed by atoms with van der Waals surface area (Å²) in [5, 5.41) is 5.61. The fraction of sp³-hybridized carbons (Fsp3) is 0.444. The highest BCUT2D eigenvalue weighted by molar-refractivity contribution is 6.34. The molecule has 3 heterocycles. The molecule has 192 valence electrons. The number of nitrogens with one attached hydrogen (secondary N) is 3. The number of aromatic nitrogens is 1. The Morgan fingerprint density at radius 3 is 2.69 bits per heavy atom. The van der Waals surface area contributed by atoms with Crippen LogP contribution in [0, 0.1) is 25.6 Å². The number of benzene rings is 1. The topological polar surface area (TPSA) is 104 Å². The van der Waals surface area contributed by atoms with Gasteiger partial charge in [-0.1, -0.05) is 6.92 Å². The summed E-state index contributed by atoms with van der Waals surface area (Å²) in [5.41, 5.74) is 3.72. The van der Waals surface area contributed by atoms with Crippen LogP contribution >= 0.6 is 0 Å². The molecule has 0 bridgehead atoms. The van der Waals surface area contributed by atoms with E-state index in [0.29, 0.717) is 45.3 Å². The van der Waals surface area contributed by atoms with Crippen LogP contribution < -0.4 is 10.6 Å². The van der Waals surface area contributed by atoms with E-state index >= 15 is 0 Å². The Morgan fingerprint density at radius 2 is 2.00 bits per heavy atom. The number of aromatic amines is 1. The van der Waals surface area contributed by atoms with E-state index in [2.05, 4.69) is 22.5 Å². The molecule has 9 heteroatoms. The fourth-order valence-electron chi connectivity index (χ4n) is 4.82. The van der Waals surface area contributed by atoms with Gasteiger partial charge in [0, 0.05) is 49.4 Å². The molecule has 2 aliphatic rings. The third kappa shape index (κ3) is 5.36. The predicted octanol–water partition coefficient (Wildman–Crippen LogP) is 3.66. The number of carbonyl (C=O) groups is 3. The van der Waals surface area contributed by atoms with Gasteiger partial charge in [-0.25, -0.2) is 4.39 Å². The number of fused-ring (bicyclic) bond motifs is 1. The number of halogens is 1. The Morgan fingerprint density at radius 1 is 1.28 bits per heavy atom. The van der Waals surface area contributed by atoms with E-state index in [0.717, 1.165) is 25.9 Å². The van der Waals surface area contributed by atoms with Crippen molar-refractivity contribution in [1.29, 1.82) is 0 Å². The van der Waals surface area contributed by atoms with Gasteiger partial charge in [-0.05, 0) is 62.4 Å². The van der Waals surface area contributed by atoms with Crippen LogP contribution in [0.2, 0.25) is 0 Å². The van der Waals surface area contributed by atoms with Crippen LogP contribution in [-0.4, -0.2) is 60.5 Å². The number of carbonyl (C=O) groups excluding carboxylic acids is 3. The molecular formula is C27H33FN4O4. The van der Waals surface area contributed by atoms with E-state index in [1.54, 1.807) is 19.9 Å². The van der Waals surface area contributed by atoms with Crippen LogP contribution in [0.5, 0.6) is 0 Å². The maximum atomic E-state index is 13.8. The molecule has 1 aromatic heterocycles. The summed E-state index contributed by atoms with van der Waals surface area (Å²) in [5.74, 6) is -0.383. The first-order valence-corrected chi connectivity index (χ1v) is 12.3. The Hall–Kier alpha value is -3.46. The molecule has 36 heavy (non-hydrogen) atoms. The highest BCUT2D eigenvalue weighted by Gasteiger charge is 2.27. The molecule has 1 atom stereocenters. The normalized spacial score (nSPS) is 17.8. The van der Waals surface area contributed by atoms with Crippen LogP contribution in [0.1, 0.15) is 59.1 Å². The molecular weight excluding hydrogens is 463 g/mol. The molecule has 1 aromatic carbocycles. The molecule has 4 rings (SSSR count). The van der Waals surface area contributed by atoms with E-state index in [1.807, 2.05) is 4.90 Å². The summed E-state index contributed by atoms with van der Waals surface area (Å²) in [4.78, 5) is 43.2. The fourth-order valence-corrected chi connectivity index (χ4v) is 4.82. The molecule has 1 saturated heterocycles. The monoisotopic (exact) mass is 496 g/mol. The van der Waals surface area contributed by atoms with Gasteiger partial charge in [-0.15, -0.1) is 0 Å². The number of methoxy groups -OCH3 is 1. The maximum Gasteiger partial charge on any atom is 0.256 e. The number of anilines is 1. The van der Waals surface area contributed by atoms with Crippen LogP contribution in [-0.2, 0) is 14.3 Å². The van der Waals surface area contributed by atoms with Crippen molar-refractivity contribution in [3.8, 4) is 0 Å². The second kappa shape index (κ2) is 10.7. The van der Waals surface area contributed by atoms with Crippen molar-refractivity contribution in [3.63, 3.8) is 0 Å². The minimum Gasteiger partial charge on any atom is -0.379 e. The molecule has 0 aliphatic carbocycles. The smallest absolute Gasteiger partial charge is 0.256 e. The van der Waals surface area contributed by atoms with Crippen molar-refractivity contribution in [2.75, 3.05) is 32.1 Å². The number of piperidine rings is 1. The second-order valence-corrected chi connectivity index (χ2v) is 9.70. The minimum atomic E-state index is -0.435. The Labute approximate surface area is 210 Å². The largest absolute Gasteiger partial charge is 0.379 e. The number of likely N-dealkylation sites (tertiary alicyclic amines) is 1. The van der Waals surface area contributed by atoms with Gasteiger partial charge < -0.3 is 25.3 Å². The van der Waals surface area contributed by atoms with Crippen molar-refractivity contribution >= 4 is 35.1 Å². The minimum absolute atomic E-state index is 0.0393. The average Bonchev–Trinajstić information content (AvgIpc) is 3.31. The predicted molar refractivity (Wildman–Crippen MR) is 136 cm³/mol. The third-order valence-corrected chi connectivity index (χ3v) is 7.12. The zero-order chi connectivity index (χ0) is 26.0. The maximum absolute atomic E-state index is 13.8. The first kappa shape index (κ1) is 25.6. The van der Waals surface area contributed by atoms with Crippen LogP contribution in [0.4, 0.5) is 10.1 Å². The number of ether oxygens (including phenoxy) is 1. The van der Waals surface area contributed by atoms with Gasteiger partial charge in [-0.2, -0.15) is 0 Å². The molecule has 3 amide bonds. The van der Waals surface area contributed by atoms with Gasteiger partial charge in [0.15, 0.2) is 0 Å². The van der Waals surface area contributed by atoms with Crippen molar-refractivity contribution in [2.45, 2.75) is 46.1 Å². The lowest BCUT2D eigenvalue weighted by molar-refractivity contribution is -0.135. The number of aryl methyl sites for hydroxylation is 1. The zero-order valence-electron chi connectivity index (χ0n) is 21.2. The number of rotatable bonds is 7. The lowest BCUT2D eigenvalue weighted by Gasteiger charge is -2.31. The second-order valence-electron chi connectivity index (χ2n) is 9.70. The molecule has 3 N–H and O–H groups in total. The summed E-state index contributed by atoms with van der Waals surface area (Å²) in [7, 11) is 1.53. The summed E-state index contributed by atoms with van der Waals surface area (Å²) in [6, 6.07) is 4.13. The van der Waals surface area contributed by atoms with E-state index in [4.69, 9.17) is 4.74 Å². The molecule has 0 radical (unpaired) electrons. The first-order chi connectivity index (χ1) is 17.2. The van der Waals surface area contributed by atoms with E-state index in [-0.39, 0.29) is 30.7 Å². The summed E-state index contributed by atoms with van der Waals surface area (Å²) < 4.78 is 19.2. The number of nitrogens with zero attached hydrogens (tertiary/aromatic N) is 1. The summed E-state index contributed by atoms with van der Waals surface area (Å²) in [6.07, 6.45) is 3.42. The highest BCUT2D eigenvalue weighted by atomic mass is 19.1. The third-order valence-electron chi connectivity index (χ3n) is 7.12. The van der Waals surface area contributed by atoms with E-state index in [9.17, 15) is 18.8 Å². The molecule has 2 aliphatic heterocycles. The lowest BCUT2D eigenvalue weighted by Crippen LogP contribution is -2.42. The molecule has 8 nitrogen and oxygen atoms in total. The molecule has 1 unspecified atom stereocenters.